The molecule has 2 aromatic heterocycles. The van der Waals surface area contributed by atoms with E-state index >= 15 is 0 Å². The van der Waals surface area contributed by atoms with Gasteiger partial charge in [-0.3, -0.25) is 9.78 Å². The molecular weight excluding hydrogens is 445 g/mol. The highest BCUT2D eigenvalue weighted by molar-refractivity contribution is 5.92. The molecule has 0 bridgehead atoms. The predicted molar refractivity (Wildman–Crippen MR) is 125 cm³/mol. The summed E-state index contributed by atoms with van der Waals surface area (Å²) in [6.45, 7) is 3.75. The second-order valence-electron chi connectivity index (χ2n) is 7.52. The van der Waals surface area contributed by atoms with Crippen LogP contribution in [0.25, 0.3) is 11.1 Å². The molecule has 0 aliphatic carbocycles. The molecule has 0 unspecified atom stereocenters. The minimum absolute atomic E-state index is 0.00581. The lowest BCUT2D eigenvalue weighted by atomic mass is 10.0. The zero-order valence-electron chi connectivity index (χ0n) is 18.6. The van der Waals surface area contributed by atoms with Crippen molar-refractivity contribution in [2.75, 3.05) is 24.7 Å². The summed E-state index contributed by atoms with van der Waals surface area (Å²) in [5.74, 6) is -0.00975. The first-order valence-electron chi connectivity index (χ1n) is 10.2. The lowest BCUT2D eigenvalue weighted by molar-refractivity contribution is -0.141. The molecule has 2 N–H and O–H groups in total. The van der Waals surface area contributed by atoms with Gasteiger partial charge in [0.25, 0.3) is 0 Å². The van der Waals surface area contributed by atoms with Crippen molar-refractivity contribution in [2.45, 2.75) is 12.6 Å². The number of carbonyl (C=O) groups is 1. The van der Waals surface area contributed by atoms with Gasteiger partial charge in [-0.25, -0.2) is 9.97 Å². The highest BCUT2D eigenvalue weighted by Crippen LogP contribution is 2.28. The minimum Gasteiger partial charge on any atom is -0.382 e. The van der Waals surface area contributed by atoms with E-state index in [2.05, 4.69) is 32.2 Å². The summed E-state index contributed by atoms with van der Waals surface area (Å²) in [6.07, 6.45) is 3.30. The molecule has 0 saturated carbocycles. The normalized spacial score (nSPS) is 11.6. The molecule has 0 aliphatic heterocycles. The first kappa shape index (κ1) is 24.4. The number of nitrogens with one attached hydrogen (secondary N) is 2. The number of pyridine rings is 1. The second-order valence-corrected chi connectivity index (χ2v) is 7.52. The van der Waals surface area contributed by atoms with E-state index in [4.69, 9.17) is 0 Å². The number of carbonyl (C=O) groups excluding carboxylic acids is 1. The Kier molecular flexibility index (Phi) is 7.62. The van der Waals surface area contributed by atoms with Gasteiger partial charge >= 0.3 is 6.18 Å². The summed E-state index contributed by atoms with van der Waals surface area (Å²) in [6, 6.07) is 9.29. The van der Waals surface area contributed by atoms with E-state index in [0.717, 1.165) is 29.1 Å². The summed E-state index contributed by atoms with van der Waals surface area (Å²) < 4.78 is 38.3. The summed E-state index contributed by atoms with van der Waals surface area (Å²) in [5.41, 5.74) is 2.07. The Bertz CT molecular complexity index is 1170. The summed E-state index contributed by atoms with van der Waals surface area (Å²) in [4.78, 5) is 26.0. The molecule has 1 amide bonds. The Morgan fingerprint density at radius 2 is 1.71 bits per heavy atom. The minimum atomic E-state index is -4.58. The van der Waals surface area contributed by atoms with Crippen molar-refractivity contribution in [1.82, 2.24) is 19.9 Å². The Morgan fingerprint density at radius 1 is 1.03 bits per heavy atom. The van der Waals surface area contributed by atoms with Crippen LogP contribution in [0.2, 0.25) is 0 Å². The number of nitrogens with zero attached hydrogens (tertiary/aromatic N) is 4. The van der Waals surface area contributed by atoms with Gasteiger partial charge in [-0.15, -0.1) is 0 Å². The molecule has 176 valence electrons. The second kappa shape index (κ2) is 10.6. The first-order valence-corrected chi connectivity index (χ1v) is 10.2. The zero-order valence-corrected chi connectivity index (χ0v) is 18.6. The Labute approximate surface area is 195 Å². The lowest BCUT2D eigenvalue weighted by Gasteiger charge is -2.10. The van der Waals surface area contributed by atoms with Crippen LogP contribution in [0.15, 0.2) is 79.5 Å². The van der Waals surface area contributed by atoms with Gasteiger partial charge in [-0.05, 0) is 29.3 Å². The van der Waals surface area contributed by atoms with Gasteiger partial charge in [0, 0.05) is 50.1 Å². The molecule has 10 heteroatoms. The highest BCUT2D eigenvalue weighted by Gasteiger charge is 2.32. The van der Waals surface area contributed by atoms with E-state index in [1.807, 2.05) is 37.3 Å². The van der Waals surface area contributed by atoms with E-state index in [9.17, 15) is 18.0 Å². The van der Waals surface area contributed by atoms with Crippen LogP contribution in [0, 0.1) is 0 Å². The van der Waals surface area contributed by atoms with E-state index in [1.165, 1.54) is 6.07 Å². The zero-order chi connectivity index (χ0) is 24.7. The third kappa shape index (κ3) is 6.89. The van der Waals surface area contributed by atoms with Crippen LogP contribution in [0.5, 0.6) is 0 Å². The van der Waals surface area contributed by atoms with Crippen LogP contribution in [0.1, 0.15) is 11.3 Å². The fraction of sp³-hybridized carbons (Fsp3) is 0.167. The number of benzene rings is 1. The van der Waals surface area contributed by atoms with Gasteiger partial charge in [0.1, 0.15) is 5.69 Å². The Hall–Kier alpha value is -4.21. The number of anilines is 2. The maximum atomic E-state index is 12.8. The van der Waals surface area contributed by atoms with Crippen molar-refractivity contribution in [2.24, 2.45) is 0 Å². The van der Waals surface area contributed by atoms with Crippen LogP contribution in [-0.2, 0) is 17.4 Å². The van der Waals surface area contributed by atoms with Crippen molar-refractivity contribution in [3.63, 3.8) is 0 Å². The molecule has 3 rings (SSSR count). The van der Waals surface area contributed by atoms with Crippen molar-refractivity contribution in [3.8, 4) is 11.1 Å². The van der Waals surface area contributed by atoms with Crippen molar-refractivity contribution in [3.05, 3.63) is 90.8 Å². The van der Waals surface area contributed by atoms with Crippen LogP contribution >= 0.6 is 0 Å². The molecule has 0 saturated heterocycles. The SMILES string of the molecule is C=C/C(=C\N(C)C)Nc1ncc(-c2ccc(CC(=O)Nc3ccnc(C(F)(F)F)c3)cc2)cn1. The van der Waals surface area contributed by atoms with Gasteiger partial charge in [-0.2, -0.15) is 13.2 Å². The molecule has 0 aliphatic rings. The van der Waals surface area contributed by atoms with Crippen molar-refractivity contribution >= 4 is 17.5 Å². The van der Waals surface area contributed by atoms with Crippen molar-refractivity contribution < 1.29 is 18.0 Å². The largest absolute Gasteiger partial charge is 0.433 e. The van der Waals surface area contributed by atoms with E-state index in [0.29, 0.717) is 11.5 Å². The standard InChI is InChI=1S/C24H23F3N6O/c1-4-19(15-33(2)3)32-23-29-13-18(14-30-23)17-7-5-16(6-8-17)11-22(34)31-20-9-10-28-21(12-20)24(25,26)27/h4-10,12-15H,1,11H2,2-3H3,(H,28,31,34)(H,29,30,32)/b19-15+. The molecule has 34 heavy (non-hydrogen) atoms. The average Bonchev–Trinajstić information content (AvgIpc) is 2.79. The number of rotatable bonds is 8. The monoisotopic (exact) mass is 468 g/mol. The topological polar surface area (TPSA) is 83.0 Å². The smallest absolute Gasteiger partial charge is 0.382 e. The molecular formula is C24H23F3N6O. The first-order chi connectivity index (χ1) is 16.1. The fourth-order valence-electron chi connectivity index (χ4n) is 2.95. The van der Waals surface area contributed by atoms with E-state index in [-0.39, 0.29) is 12.1 Å². The van der Waals surface area contributed by atoms with Crippen molar-refractivity contribution in [1.29, 1.82) is 0 Å². The molecule has 7 nitrogen and oxygen atoms in total. The molecule has 2 heterocycles. The van der Waals surface area contributed by atoms with Crippen LogP contribution < -0.4 is 10.6 Å². The fourth-order valence-corrected chi connectivity index (χ4v) is 2.95. The van der Waals surface area contributed by atoms with Gasteiger partial charge < -0.3 is 15.5 Å². The third-order valence-corrected chi connectivity index (χ3v) is 4.51. The quantitative estimate of drug-likeness (QED) is 0.465. The molecule has 0 atom stereocenters. The number of hydrogen-bond donors (Lipinski definition) is 2. The number of aromatic nitrogens is 3. The number of allylic oxidation sites excluding steroid dienone is 1. The summed E-state index contributed by atoms with van der Waals surface area (Å²) in [7, 11) is 3.79. The molecule has 1 aromatic carbocycles. The molecule has 0 spiro atoms. The summed E-state index contributed by atoms with van der Waals surface area (Å²) >= 11 is 0. The third-order valence-electron chi connectivity index (χ3n) is 4.51. The summed E-state index contributed by atoms with van der Waals surface area (Å²) in [5, 5.41) is 5.54. The van der Waals surface area contributed by atoms with Gasteiger partial charge in [0.2, 0.25) is 11.9 Å². The van der Waals surface area contributed by atoms with Crippen LogP contribution in [0.4, 0.5) is 24.8 Å². The number of halogens is 3. The van der Waals surface area contributed by atoms with Gasteiger partial charge in [-0.1, -0.05) is 30.8 Å². The average molecular weight is 468 g/mol. The molecule has 0 fully saturated rings. The maximum absolute atomic E-state index is 12.8. The Balaban J connectivity index is 1.62. The van der Waals surface area contributed by atoms with Crippen LogP contribution in [0.3, 0.4) is 0 Å². The molecule has 3 aromatic rings. The maximum Gasteiger partial charge on any atom is 0.433 e. The Morgan fingerprint density at radius 3 is 2.29 bits per heavy atom. The van der Waals surface area contributed by atoms with Gasteiger partial charge in [0.15, 0.2) is 0 Å². The number of alkyl halides is 3. The number of amides is 1. The van der Waals surface area contributed by atoms with Gasteiger partial charge in [0.05, 0.1) is 12.1 Å². The number of hydrogen-bond acceptors (Lipinski definition) is 6. The predicted octanol–water partition coefficient (Wildman–Crippen LogP) is 4.74. The lowest BCUT2D eigenvalue weighted by Crippen LogP contribution is -2.15. The molecule has 0 radical (unpaired) electrons. The van der Waals surface area contributed by atoms with E-state index < -0.39 is 17.8 Å². The van der Waals surface area contributed by atoms with Crippen LogP contribution in [-0.4, -0.2) is 39.9 Å². The van der Waals surface area contributed by atoms with E-state index in [1.54, 1.807) is 30.6 Å². The highest BCUT2D eigenvalue weighted by atomic mass is 19.4.